The van der Waals surface area contributed by atoms with Crippen molar-refractivity contribution in [3.8, 4) is 0 Å². The quantitative estimate of drug-likeness (QED) is 0.754. The summed E-state index contributed by atoms with van der Waals surface area (Å²) in [4.78, 5) is 13.4. The summed E-state index contributed by atoms with van der Waals surface area (Å²) in [5.41, 5.74) is -0.0841. The SMILES string of the molecule is CCCN1CCC(C(=O)O)C(C)(C)C1. The van der Waals surface area contributed by atoms with Crippen molar-refractivity contribution < 1.29 is 9.90 Å². The van der Waals surface area contributed by atoms with Gasteiger partial charge in [0.05, 0.1) is 5.92 Å². The number of aliphatic carboxylic acids is 1. The molecule has 1 fully saturated rings. The Labute approximate surface area is 86.1 Å². The molecule has 1 atom stereocenters. The first kappa shape index (κ1) is 11.5. The molecule has 0 aromatic carbocycles. The van der Waals surface area contributed by atoms with Crippen molar-refractivity contribution in [1.82, 2.24) is 4.90 Å². The molecule has 3 heteroatoms. The van der Waals surface area contributed by atoms with Gasteiger partial charge in [0.15, 0.2) is 0 Å². The largest absolute Gasteiger partial charge is 0.481 e. The summed E-state index contributed by atoms with van der Waals surface area (Å²) < 4.78 is 0. The Morgan fingerprint density at radius 1 is 1.57 bits per heavy atom. The Morgan fingerprint density at radius 3 is 2.64 bits per heavy atom. The Bertz CT molecular complexity index is 213. The molecule has 3 nitrogen and oxygen atoms in total. The van der Waals surface area contributed by atoms with E-state index >= 15 is 0 Å². The number of nitrogens with zero attached hydrogens (tertiary/aromatic N) is 1. The number of carboxylic acid groups (broad SMARTS) is 1. The second-order valence-corrected chi connectivity index (χ2v) is 4.94. The fourth-order valence-corrected chi connectivity index (χ4v) is 2.43. The molecule has 0 amide bonds. The highest BCUT2D eigenvalue weighted by Crippen LogP contribution is 2.34. The number of hydrogen-bond donors (Lipinski definition) is 1. The summed E-state index contributed by atoms with van der Waals surface area (Å²) in [6.45, 7) is 9.24. The predicted molar refractivity (Wildman–Crippen MR) is 56.3 cm³/mol. The Hall–Kier alpha value is -0.570. The minimum absolute atomic E-state index is 0.0841. The molecule has 82 valence electrons. The first-order valence-corrected chi connectivity index (χ1v) is 5.42. The van der Waals surface area contributed by atoms with Gasteiger partial charge in [-0.1, -0.05) is 20.8 Å². The second-order valence-electron chi connectivity index (χ2n) is 4.94. The van der Waals surface area contributed by atoms with Gasteiger partial charge in [0.25, 0.3) is 0 Å². The summed E-state index contributed by atoms with van der Waals surface area (Å²) in [6.07, 6.45) is 1.94. The minimum Gasteiger partial charge on any atom is -0.481 e. The van der Waals surface area contributed by atoms with Gasteiger partial charge in [0, 0.05) is 6.54 Å². The summed E-state index contributed by atoms with van der Waals surface area (Å²) in [5.74, 6) is -0.804. The summed E-state index contributed by atoms with van der Waals surface area (Å²) in [5, 5.41) is 9.07. The van der Waals surface area contributed by atoms with Crippen LogP contribution in [0, 0.1) is 11.3 Å². The van der Waals surface area contributed by atoms with Crippen LogP contribution >= 0.6 is 0 Å². The van der Waals surface area contributed by atoms with Gasteiger partial charge >= 0.3 is 5.97 Å². The van der Waals surface area contributed by atoms with E-state index in [1.807, 2.05) is 0 Å². The van der Waals surface area contributed by atoms with Gasteiger partial charge in [-0.15, -0.1) is 0 Å². The summed E-state index contributed by atoms with van der Waals surface area (Å²) in [7, 11) is 0. The van der Waals surface area contributed by atoms with Crippen molar-refractivity contribution in [2.75, 3.05) is 19.6 Å². The molecule has 0 spiro atoms. The number of carboxylic acids is 1. The Morgan fingerprint density at radius 2 is 2.21 bits per heavy atom. The van der Waals surface area contributed by atoms with Gasteiger partial charge in [-0.25, -0.2) is 0 Å². The van der Waals surface area contributed by atoms with E-state index in [2.05, 4.69) is 25.7 Å². The van der Waals surface area contributed by atoms with Gasteiger partial charge in [-0.2, -0.15) is 0 Å². The van der Waals surface area contributed by atoms with Crippen molar-refractivity contribution >= 4 is 5.97 Å². The number of likely N-dealkylation sites (tertiary alicyclic amines) is 1. The molecule has 1 aliphatic rings. The van der Waals surface area contributed by atoms with Crippen LogP contribution in [0.25, 0.3) is 0 Å². The summed E-state index contributed by atoms with van der Waals surface area (Å²) >= 11 is 0. The van der Waals surface area contributed by atoms with E-state index in [1.165, 1.54) is 0 Å². The van der Waals surface area contributed by atoms with Gasteiger partial charge in [-0.3, -0.25) is 4.79 Å². The normalized spacial score (nSPS) is 27.5. The zero-order valence-corrected chi connectivity index (χ0v) is 9.42. The monoisotopic (exact) mass is 199 g/mol. The molecular weight excluding hydrogens is 178 g/mol. The molecule has 1 N–H and O–H groups in total. The molecule has 14 heavy (non-hydrogen) atoms. The van der Waals surface area contributed by atoms with Crippen molar-refractivity contribution in [2.45, 2.75) is 33.6 Å². The minimum atomic E-state index is -0.633. The second kappa shape index (κ2) is 4.30. The van der Waals surface area contributed by atoms with Crippen LogP contribution in [-0.2, 0) is 4.79 Å². The van der Waals surface area contributed by atoms with E-state index in [-0.39, 0.29) is 11.3 Å². The lowest BCUT2D eigenvalue weighted by Crippen LogP contribution is -2.48. The maximum Gasteiger partial charge on any atom is 0.307 e. The van der Waals surface area contributed by atoms with Crippen LogP contribution < -0.4 is 0 Å². The standard InChI is InChI=1S/C11H21NO2/c1-4-6-12-7-5-9(10(13)14)11(2,3)8-12/h9H,4-8H2,1-3H3,(H,13,14). The fourth-order valence-electron chi connectivity index (χ4n) is 2.43. The van der Waals surface area contributed by atoms with Crippen molar-refractivity contribution in [2.24, 2.45) is 11.3 Å². The topological polar surface area (TPSA) is 40.5 Å². The van der Waals surface area contributed by atoms with Crippen LogP contribution in [0.5, 0.6) is 0 Å². The van der Waals surface area contributed by atoms with Crippen LogP contribution in [0.3, 0.4) is 0 Å². The summed E-state index contributed by atoms with van der Waals surface area (Å²) in [6, 6.07) is 0. The van der Waals surface area contributed by atoms with E-state index in [9.17, 15) is 4.79 Å². The van der Waals surface area contributed by atoms with E-state index in [1.54, 1.807) is 0 Å². The Kier molecular flexibility index (Phi) is 3.53. The molecule has 0 aromatic heterocycles. The van der Waals surface area contributed by atoms with E-state index in [0.717, 1.165) is 32.5 Å². The third kappa shape index (κ3) is 2.47. The van der Waals surface area contributed by atoms with E-state index in [0.29, 0.717) is 0 Å². The maximum absolute atomic E-state index is 11.0. The highest BCUT2D eigenvalue weighted by atomic mass is 16.4. The van der Waals surface area contributed by atoms with Gasteiger partial charge in [0.2, 0.25) is 0 Å². The molecule has 0 aliphatic carbocycles. The van der Waals surface area contributed by atoms with Gasteiger partial charge < -0.3 is 10.0 Å². The van der Waals surface area contributed by atoms with Crippen LogP contribution in [0.15, 0.2) is 0 Å². The molecule has 0 aromatic rings. The van der Waals surface area contributed by atoms with Gasteiger partial charge in [-0.05, 0) is 31.3 Å². The Balaban J connectivity index is 2.60. The van der Waals surface area contributed by atoms with Crippen molar-refractivity contribution in [1.29, 1.82) is 0 Å². The van der Waals surface area contributed by atoms with E-state index < -0.39 is 5.97 Å². The average Bonchev–Trinajstić information content (AvgIpc) is 2.01. The molecule has 1 rings (SSSR count). The van der Waals surface area contributed by atoms with E-state index in [4.69, 9.17) is 5.11 Å². The molecule has 1 saturated heterocycles. The maximum atomic E-state index is 11.0. The molecule has 0 bridgehead atoms. The first-order chi connectivity index (χ1) is 6.47. The number of rotatable bonds is 3. The highest BCUT2D eigenvalue weighted by molar-refractivity contribution is 5.71. The lowest BCUT2D eigenvalue weighted by atomic mass is 9.74. The third-order valence-electron chi connectivity index (χ3n) is 3.15. The molecule has 1 unspecified atom stereocenters. The fraction of sp³-hybridized carbons (Fsp3) is 0.909. The van der Waals surface area contributed by atoms with Crippen LogP contribution in [-0.4, -0.2) is 35.6 Å². The molecule has 0 saturated carbocycles. The van der Waals surface area contributed by atoms with Crippen LogP contribution in [0.1, 0.15) is 33.6 Å². The zero-order chi connectivity index (χ0) is 10.8. The smallest absolute Gasteiger partial charge is 0.307 e. The lowest BCUT2D eigenvalue weighted by Gasteiger charge is -2.42. The van der Waals surface area contributed by atoms with Gasteiger partial charge in [0.1, 0.15) is 0 Å². The zero-order valence-electron chi connectivity index (χ0n) is 9.42. The first-order valence-electron chi connectivity index (χ1n) is 5.42. The molecule has 1 heterocycles. The number of piperidine rings is 1. The molecule has 0 radical (unpaired) electrons. The van der Waals surface area contributed by atoms with Crippen molar-refractivity contribution in [3.63, 3.8) is 0 Å². The number of hydrogen-bond acceptors (Lipinski definition) is 2. The average molecular weight is 199 g/mol. The predicted octanol–water partition coefficient (Wildman–Crippen LogP) is 1.83. The van der Waals surface area contributed by atoms with Crippen molar-refractivity contribution in [3.05, 3.63) is 0 Å². The third-order valence-corrected chi connectivity index (χ3v) is 3.15. The number of carbonyl (C=O) groups is 1. The molecular formula is C11H21NO2. The highest BCUT2D eigenvalue weighted by Gasteiger charge is 2.39. The van der Waals surface area contributed by atoms with Crippen LogP contribution in [0.4, 0.5) is 0 Å². The van der Waals surface area contributed by atoms with Crippen LogP contribution in [0.2, 0.25) is 0 Å². The lowest BCUT2D eigenvalue weighted by molar-refractivity contribution is -0.149. The molecule has 1 aliphatic heterocycles.